The largest absolute Gasteiger partial charge is 0.462 e. The molecule has 0 fully saturated rings. The molecule has 3 rings (SSSR count). The number of amides is 2. The Morgan fingerprint density at radius 3 is 2.50 bits per heavy atom. The maximum atomic E-state index is 13.2. The Morgan fingerprint density at radius 1 is 1.12 bits per heavy atom. The summed E-state index contributed by atoms with van der Waals surface area (Å²) in [6, 6.07) is 14.2. The lowest BCUT2D eigenvalue weighted by atomic mass is 9.95. The zero-order chi connectivity index (χ0) is 18.5. The van der Waals surface area contributed by atoms with E-state index in [9.17, 15) is 14.0 Å². The first kappa shape index (κ1) is 17.7. The van der Waals surface area contributed by atoms with Crippen LogP contribution in [0.1, 0.15) is 24.1 Å². The van der Waals surface area contributed by atoms with Crippen LogP contribution in [-0.2, 0) is 16.0 Å². The molecular weight excluding hydrogens is 335 g/mol. The Bertz CT molecular complexity index is 832. The summed E-state index contributed by atoms with van der Waals surface area (Å²) in [7, 11) is 0. The molecule has 0 aromatic heterocycles. The molecule has 2 aromatic carbocycles. The number of hydrogen-bond acceptors (Lipinski definition) is 3. The van der Waals surface area contributed by atoms with E-state index in [0.29, 0.717) is 23.3 Å². The van der Waals surface area contributed by atoms with E-state index in [1.807, 2.05) is 30.3 Å². The molecule has 0 saturated heterocycles. The highest BCUT2D eigenvalue weighted by molar-refractivity contribution is 5.95. The summed E-state index contributed by atoms with van der Waals surface area (Å²) in [5.41, 5.74) is 2.41. The van der Waals surface area contributed by atoms with Crippen LogP contribution in [0.25, 0.3) is 0 Å². The third-order valence-electron chi connectivity index (χ3n) is 4.16. The number of carbonyl (C=O) groups excluding carboxylic acids is 2. The van der Waals surface area contributed by atoms with Crippen LogP contribution in [0.15, 0.2) is 65.9 Å². The van der Waals surface area contributed by atoms with Crippen molar-refractivity contribution in [2.75, 3.05) is 6.61 Å². The predicted octanol–water partition coefficient (Wildman–Crippen LogP) is 3.24. The summed E-state index contributed by atoms with van der Waals surface area (Å²) in [6.45, 7) is 1.87. The second kappa shape index (κ2) is 7.82. The van der Waals surface area contributed by atoms with Crippen LogP contribution in [0.4, 0.5) is 9.18 Å². The number of allylic oxidation sites excluding steroid dienone is 1. The highest BCUT2D eigenvalue weighted by atomic mass is 19.1. The van der Waals surface area contributed by atoms with Gasteiger partial charge in [0.15, 0.2) is 0 Å². The third-order valence-corrected chi connectivity index (χ3v) is 4.16. The number of esters is 1. The van der Waals surface area contributed by atoms with Crippen molar-refractivity contribution >= 4 is 12.0 Å². The van der Waals surface area contributed by atoms with E-state index in [1.54, 1.807) is 6.92 Å². The lowest BCUT2D eigenvalue weighted by Crippen LogP contribution is -2.45. The average Bonchev–Trinajstić information content (AvgIpc) is 2.62. The summed E-state index contributed by atoms with van der Waals surface area (Å²) in [4.78, 5) is 24.4. The summed E-state index contributed by atoms with van der Waals surface area (Å²) < 4.78 is 18.6. The van der Waals surface area contributed by atoms with Gasteiger partial charge in [0.1, 0.15) is 5.82 Å². The molecule has 2 N–H and O–H groups in total. The molecule has 0 radical (unpaired) electrons. The van der Waals surface area contributed by atoms with E-state index in [4.69, 9.17) is 4.74 Å². The van der Waals surface area contributed by atoms with E-state index in [-0.39, 0.29) is 12.4 Å². The van der Waals surface area contributed by atoms with Crippen molar-refractivity contribution in [1.82, 2.24) is 10.6 Å². The molecule has 0 spiro atoms. The van der Waals surface area contributed by atoms with Gasteiger partial charge in [-0.15, -0.1) is 0 Å². The number of nitrogens with one attached hydrogen (secondary N) is 2. The number of carbonyl (C=O) groups is 2. The number of hydrogen-bond donors (Lipinski definition) is 2. The van der Waals surface area contributed by atoms with Crippen LogP contribution in [0.5, 0.6) is 0 Å². The second-order valence-electron chi connectivity index (χ2n) is 5.99. The van der Waals surface area contributed by atoms with Crippen molar-refractivity contribution in [1.29, 1.82) is 0 Å². The zero-order valence-corrected chi connectivity index (χ0v) is 14.3. The van der Waals surface area contributed by atoms with Gasteiger partial charge in [-0.2, -0.15) is 0 Å². The first-order valence-electron chi connectivity index (χ1n) is 8.29. The quantitative estimate of drug-likeness (QED) is 0.810. The monoisotopic (exact) mass is 354 g/mol. The standard InChI is InChI=1S/C20H19FN2O3/c1-13-17(19(24)26-12-11-14-5-3-2-4-6-14)18(23-20(25)22-13)15-7-9-16(21)10-8-15/h2-10,18H,11-12H2,1H3,(H2,22,23,25)/t18-/m0/s1. The zero-order valence-electron chi connectivity index (χ0n) is 14.3. The van der Waals surface area contributed by atoms with E-state index >= 15 is 0 Å². The number of benzene rings is 2. The van der Waals surface area contributed by atoms with Crippen molar-refractivity contribution in [2.45, 2.75) is 19.4 Å². The van der Waals surface area contributed by atoms with E-state index in [1.165, 1.54) is 24.3 Å². The summed E-state index contributed by atoms with van der Waals surface area (Å²) in [5, 5.41) is 5.27. The number of ether oxygens (including phenoxy) is 1. The topological polar surface area (TPSA) is 67.4 Å². The van der Waals surface area contributed by atoms with Crippen LogP contribution in [-0.4, -0.2) is 18.6 Å². The van der Waals surface area contributed by atoms with Crippen molar-refractivity contribution < 1.29 is 18.7 Å². The summed E-state index contributed by atoms with van der Waals surface area (Å²) in [6.07, 6.45) is 0.597. The van der Waals surface area contributed by atoms with Gasteiger partial charge in [-0.25, -0.2) is 14.0 Å². The molecule has 2 amide bonds. The molecule has 5 nitrogen and oxygen atoms in total. The normalized spacial score (nSPS) is 16.7. The van der Waals surface area contributed by atoms with Crippen molar-refractivity contribution in [2.24, 2.45) is 0 Å². The molecule has 2 aromatic rings. The summed E-state index contributed by atoms with van der Waals surface area (Å²) >= 11 is 0. The lowest BCUT2D eigenvalue weighted by Gasteiger charge is -2.28. The third kappa shape index (κ3) is 4.08. The maximum absolute atomic E-state index is 13.2. The van der Waals surface area contributed by atoms with E-state index in [0.717, 1.165) is 5.56 Å². The Kier molecular flexibility index (Phi) is 5.31. The van der Waals surface area contributed by atoms with Gasteiger partial charge < -0.3 is 15.4 Å². The van der Waals surface area contributed by atoms with Gasteiger partial charge in [-0.05, 0) is 30.2 Å². The fourth-order valence-electron chi connectivity index (χ4n) is 2.85. The van der Waals surface area contributed by atoms with Crippen LogP contribution < -0.4 is 10.6 Å². The Morgan fingerprint density at radius 2 is 1.81 bits per heavy atom. The van der Waals surface area contributed by atoms with Crippen molar-refractivity contribution in [3.63, 3.8) is 0 Å². The minimum atomic E-state index is -0.687. The molecule has 1 atom stereocenters. The highest BCUT2D eigenvalue weighted by Crippen LogP contribution is 2.27. The van der Waals surface area contributed by atoms with Gasteiger partial charge in [0.25, 0.3) is 0 Å². The fraction of sp³-hybridized carbons (Fsp3) is 0.200. The van der Waals surface area contributed by atoms with Gasteiger partial charge >= 0.3 is 12.0 Å². The van der Waals surface area contributed by atoms with Crippen LogP contribution >= 0.6 is 0 Å². The fourth-order valence-corrected chi connectivity index (χ4v) is 2.85. The van der Waals surface area contributed by atoms with Crippen LogP contribution in [0.3, 0.4) is 0 Å². The van der Waals surface area contributed by atoms with Gasteiger partial charge in [0, 0.05) is 12.1 Å². The maximum Gasteiger partial charge on any atom is 0.338 e. The first-order valence-corrected chi connectivity index (χ1v) is 8.29. The predicted molar refractivity (Wildman–Crippen MR) is 94.6 cm³/mol. The van der Waals surface area contributed by atoms with E-state index < -0.39 is 18.0 Å². The number of rotatable bonds is 5. The molecule has 134 valence electrons. The van der Waals surface area contributed by atoms with E-state index in [2.05, 4.69) is 10.6 Å². The molecule has 26 heavy (non-hydrogen) atoms. The Labute approximate surface area is 150 Å². The van der Waals surface area contributed by atoms with Gasteiger partial charge in [0.05, 0.1) is 18.2 Å². The van der Waals surface area contributed by atoms with Crippen LogP contribution in [0, 0.1) is 5.82 Å². The van der Waals surface area contributed by atoms with Gasteiger partial charge in [-0.3, -0.25) is 0 Å². The molecule has 0 bridgehead atoms. The smallest absolute Gasteiger partial charge is 0.338 e. The molecule has 6 heteroatoms. The van der Waals surface area contributed by atoms with Crippen LogP contribution in [0.2, 0.25) is 0 Å². The molecule has 1 aliphatic heterocycles. The van der Waals surface area contributed by atoms with Gasteiger partial charge in [-0.1, -0.05) is 42.5 Å². The highest BCUT2D eigenvalue weighted by Gasteiger charge is 2.32. The molecule has 0 saturated carbocycles. The summed E-state index contributed by atoms with van der Waals surface area (Å²) in [5.74, 6) is -0.901. The molecular formula is C20H19FN2O3. The molecule has 1 heterocycles. The van der Waals surface area contributed by atoms with Gasteiger partial charge in [0.2, 0.25) is 0 Å². The van der Waals surface area contributed by atoms with Crippen molar-refractivity contribution in [3.05, 3.63) is 82.8 Å². The minimum Gasteiger partial charge on any atom is -0.462 e. The second-order valence-corrected chi connectivity index (χ2v) is 5.99. The SMILES string of the molecule is CC1=C(C(=O)OCCc2ccccc2)[C@H](c2ccc(F)cc2)NC(=O)N1. The average molecular weight is 354 g/mol. The molecule has 0 aliphatic carbocycles. The number of halogens is 1. The van der Waals surface area contributed by atoms with Crippen molar-refractivity contribution in [3.8, 4) is 0 Å². The Balaban J connectivity index is 1.75. The molecule has 0 unspecified atom stereocenters. The molecule has 1 aliphatic rings. The minimum absolute atomic E-state index is 0.226. The lowest BCUT2D eigenvalue weighted by molar-refractivity contribution is -0.139. The Hall–Kier alpha value is -3.15. The first-order chi connectivity index (χ1) is 12.5. The number of urea groups is 1.